The average Bonchev–Trinajstić information content (AvgIpc) is 3.10. The summed E-state index contributed by atoms with van der Waals surface area (Å²) in [5.41, 5.74) is -1.67. The van der Waals surface area contributed by atoms with E-state index in [1.165, 1.54) is 16.7 Å². The fourth-order valence-corrected chi connectivity index (χ4v) is 3.21. The Labute approximate surface area is 158 Å². The standard InChI is InChI=1S/C19H9F5N2O3/c20-12-10(13(21)15(23)16(24)14(12)22)5-7-3-4-26-17(7)25-11-6-8(19(28)29)1-2-9(11)18(26)27/h1-2,5-6H,3-4H2,(H,28,29)/b7-5+. The number of hydrogen-bond donors (Lipinski definition) is 1. The maximum absolute atomic E-state index is 14.0. The lowest BCUT2D eigenvalue weighted by atomic mass is 10.1. The van der Waals surface area contributed by atoms with Gasteiger partial charge < -0.3 is 5.11 Å². The number of carboxylic acids is 1. The highest BCUT2D eigenvalue weighted by Crippen LogP contribution is 2.31. The normalized spacial score (nSPS) is 14.6. The number of carbonyl (C=O) groups is 1. The molecule has 1 aliphatic rings. The van der Waals surface area contributed by atoms with Crippen LogP contribution in [0.3, 0.4) is 0 Å². The lowest BCUT2D eigenvalue weighted by Gasteiger charge is -2.08. The Morgan fingerprint density at radius 1 is 1.03 bits per heavy atom. The Morgan fingerprint density at radius 3 is 2.28 bits per heavy atom. The Kier molecular flexibility index (Phi) is 4.21. The van der Waals surface area contributed by atoms with Crippen molar-refractivity contribution < 1.29 is 31.9 Å². The van der Waals surface area contributed by atoms with Crippen LogP contribution in [0.2, 0.25) is 0 Å². The van der Waals surface area contributed by atoms with E-state index in [9.17, 15) is 31.5 Å². The summed E-state index contributed by atoms with van der Waals surface area (Å²) in [6.07, 6.45) is 0.818. The molecule has 29 heavy (non-hydrogen) atoms. The zero-order chi connectivity index (χ0) is 21.0. The van der Waals surface area contributed by atoms with Gasteiger partial charge in [0.2, 0.25) is 5.82 Å². The number of aromatic nitrogens is 2. The van der Waals surface area contributed by atoms with Crippen molar-refractivity contribution in [1.82, 2.24) is 9.55 Å². The predicted octanol–water partition coefficient (Wildman–Crippen LogP) is 3.73. The molecule has 0 saturated heterocycles. The number of nitrogens with zero attached hydrogens (tertiary/aromatic N) is 2. The molecule has 2 aromatic carbocycles. The Hall–Kier alpha value is -3.56. The highest BCUT2D eigenvalue weighted by molar-refractivity contribution is 5.93. The maximum Gasteiger partial charge on any atom is 0.335 e. The first-order valence-corrected chi connectivity index (χ1v) is 8.21. The Balaban J connectivity index is 1.95. The topological polar surface area (TPSA) is 72.2 Å². The van der Waals surface area contributed by atoms with E-state index >= 15 is 0 Å². The first-order valence-electron chi connectivity index (χ1n) is 8.21. The number of benzene rings is 2. The van der Waals surface area contributed by atoms with Gasteiger partial charge in [-0.3, -0.25) is 9.36 Å². The van der Waals surface area contributed by atoms with Gasteiger partial charge in [-0.2, -0.15) is 0 Å². The van der Waals surface area contributed by atoms with E-state index in [1.54, 1.807) is 0 Å². The number of halogens is 5. The SMILES string of the molecule is O=C(O)c1ccc2c(=O)n3c(nc2c1)/C(=C/c1c(F)c(F)c(F)c(F)c1F)CC3. The minimum atomic E-state index is -2.27. The van der Waals surface area contributed by atoms with Crippen LogP contribution in [0.25, 0.3) is 22.6 Å². The van der Waals surface area contributed by atoms with Gasteiger partial charge in [-0.25, -0.2) is 31.7 Å². The second-order valence-corrected chi connectivity index (χ2v) is 6.33. The van der Waals surface area contributed by atoms with Gasteiger partial charge in [0.15, 0.2) is 23.3 Å². The summed E-state index contributed by atoms with van der Waals surface area (Å²) in [7, 11) is 0. The van der Waals surface area contributed by atoms with Crippen LogP contribution in [0.1, 0.15) is 28.2 Å². The van der Waals surface area contributed by atoms with Crippen molar-refractivity contribution in [2.45, 2.75) is 13.0 Å². The molecule has 1 N–H and O–H groups in total. The van der Waals surface area contributed by atoms with Crippen LogP contribution in [0.5, 0.6) is 0 Å². The fourth-order valence-electron chi connectivity index (χ4n) is 3.21. The molecule has 1 aliphatic heterocycles. The molecule has 0 saturated carbocycles. The average molecular weight is 408 g/mol. The van der Waals surface area contributed by atoms with Crippen molar-refractivity contribution in [1.29, 1.82) is 0 Å². The molecule has 0 atom stereocenters. The molecule has 5 nitrogen and oxygen atoms in total. The molecule has 0 amide bonds. The van der Waals surface area contributed by atoms with E-state index < -0.39 is 46.2 Å². The molecule has 2 heterocycles. The predicted molar refractivity (Wildman–Crippen MR) is 91.7 cm³/mol. The highest BCUT2D eigenvalue weighted by atomic mass is 19.2. The molecular weight excluding hydrogens is 399 g/mol. The number of aromatic carboxylic acids is 1. The lowest BCUT2D eigenvalue weighted by Crippen LogP contribution is -2.21. The third-order valence-corrected chi connectivity index (χ3v) is 4.66. The van der Waals surface area contributed by atoms with Crippen molar-refractivity contribution in [2.75, 3.05) is 0 Å². The van der Waals surface area contributed by atoms with Gasteiger partial charge in [0.25, 0.3) is 5.56 Å². The van der Waals surface area contributed by atoms with Gasteiger partial charge in [-0.1, -0.05) is 0 Å². The molecule has 0 fully saturated rings. The second-order valence-electron chi connectivity index (χ2n) is 6.33. The van der Waals surface area contributed by atoms with Crippen LogP contribution in [-0.2, 0) is 6.54 Å². The Bertz CT molecular complexity index is 1280. The van der Waals surface area contributed by atoms with Crippen LogP contribution >= 0.6 is 0 Å². The van der Waals surface area contributed by atoms with E-state index in [0.29, 0.717) is 0 Å². The summed E-state index contributed by atoms with van der Waals surface area (Å²) in [6.45, 7) is 0.0824. The maximum atomic E-state index is 14.0. The molecule has 0 radical (unpaired) electrons. The van der Waals surface area contributed by atoms with Crippen molar-refractivity contribution in [3.63, 3.8) is 0 Å². The van der Waals surface area contributed by atoms with Gasteiger partial charge in [-0.15, -0.1) is 0 Å². The van der Waals surface area contributed by atoms with Crippen molar-refractivity contribution in [2.24, 2.45) is 0 Å². The van der Waals surface area contributed by atoms with E-state index in [1.807, 2.05) is 0 Å². The van der Waals surface area contributed by atoms with Crippen LogP contribution in [-0.4, -0.2) is 20.6 Å². The number of hydrogen-bond acceptors (Lipinski definition) is 3. The molecule has 3 aromatic rings. The summed E-state index contributed by atoms with van der Waals surface area (Å²) < 4.78 is 69.3. The third kappa shape index (κ3) is 2.79. The smallest absolute Gasteiger partial charge is 0.335 e. The molecule has 148 valence electrons. The number of fused-ring (bicyclic) bond motifs is 2. The first kappa shape index (κ1) is 18.8. The number of carboxylic acid groups (broad SMARTS) is 1. The molecule has 4 rings (SSSR count). The Morgan fingerprint density at radius 2 is 1.66 bits per heavy atom. The van der Waals surface area contributed by atoms with E-state index in [2.05, 4.69) is 4.98 Å². The lowest BCUT2D eigenvalue weighted by molar-refractivity contribution is 0.0697. The van der Waals surface area contributed by atoms with Gasteiger partial charge in [0, 0.05) is 6.54 Å². The fraction of sp³-hybridized carbons (Fsp3) is 0.105. The molecular formula is C19H9F5N2O3. The van der Waals surface area contributed by atoms with Crippen LogP contribution in [0, 0.1) is 29.1 Å². The van der Waals surface area contributed by atoms with Crippen LogP contribution in [0.15, 0.2) is 23.0 Å². The first-order chi connectivity index (χ1) is 13.7. The van der Waals surface area contributed by atoms with Crippen molar-refractivity contribution in [3.05, 3.63) is 74.6 Å². The minimum Gasteiger partial charge on any atom is -0.478 e. The van der Waals surface area contributed by atoms with Gasteiger partial charge in [-0.05, 0) is 36.3 Å². The summed E-state index contributed by atoms with van der Waals surface area (Å²) in [5, 5.41) is 9.22. The largest absolute Gasteiger partial charge is 0.478 e. The summed E-state index contributed by atoms with van der Waals surface area (Å²) in [6, 6.07) is 3.70. The zero-order valence-electron chi connectivity index (χ0n) is 14.3. The summed E-state index contributed by atoms with van der Waals surface area (Å²) >= 11 is 0. The van der Waals surface area contributed by atoms with E-state index in [0.717, 1.165) is 12.1 Å². The molecule has 10 heteroatoms. The number of rotatable bonds is 2. The molecule has 1 aromatic heterocycles. The quantitative estimate of drug-likeness (QED) is 0.399. The summed E-state index contributed by atoms with van der Waals surface area (Å²) in [5.74, 6) is -11.7. The monoisotopic (exact) mass is 408 g/mol. The van der Waals surface area contributed by atoms with Gasteiger partial charge in [0.1, 0.15) is 5.82 Å². The zero-order valence-corrected chi connectivity index (χ0v) is 14.3. The molecule has 0 spiro atoms. The van der Waals surface area contributed by atoms with Crippen molar-refractivity contribution in [3.8, 4) is 0 Å². The minimum absolute atomic E-state index is 0.0334. The van der Waals surface area contributed by atoms with Crippen molar-refractivity contribution >= 4 is 28.5 Å². The van der Waals surface area contributed by atoms with Crippen LogP contribution < -0.4 is 5.56 Å². The highest BCUT2D eigenvalue weighted by Gasteiger charge is 2.27. The van der Waals surface area contributed by atoms with Gasteiger partial charge >= 0.3 is 5.97 Å². The summed E-state index contributed by atoms with van der Waals surface area (Å²) in [4.78, 5) is 27.9. The molecule has 0 bridgehead atoms. The second kappa shape index (κ2) is 6.50. The molecule has 0 unspecified atom stereocenters. The van der Waals surface area contributed by atoms with Crippen LogP contribution in [0.4, 0.5) is 22.0 Å². The number of allylic oxidation sites excluding steroid dienone is 1. The third-order valence-electron chi connectivity index (χ3n) is 4.66. The van der Waals surface area contributed by atoms with E-state index in [-0.39, 0.29) is 40.8 Å². The van der Waals surface area contributed by atoms with E-state index in [4.69, 9.17) is 5.11 Å². The molecule has 0 aliphatic carbocycles. The van der Waals surface area contributed by atoms with Gasteiger partial charge in [0.05, 0.1) is 22.0 Å².